The van der Waals surface area contributed by atoms with Gasteiger partial charge in [-0.2, -0.15) is 0 Å². The van der Waals surface area contributed by atoms with E-state index in [1.807, 2.05) is 12.1 Å². The van der Waals surface area contributed by atoms with Gasteiger partial charge in [0.05, 0.1) is 6.54 Å². The Morgan fingerprint density at radius 3 is 2.72 bits per heavy atom. The molecule has 0 aliphatic carbocycles. The highest BCUT2D eigenvalue weighted by Crippen LogP contribution is 2.30. The monoisotopic (exact) mass is 313 g/mol. The summed E-state index contributed by atoms with van der Waals surface area (Å²) in [6.45, 7) is 0.417. The molecular formula is C13H16BrNO3. The zero-order valence-corrected chi connectivity index (χ0v) is 12.1. The molecule has 18 heavy (non-hydrogen) atoms. The number of carbonyl (C=O) groups is 1. The maximum Gasteiger partial charge on any atom is 0.227 e. The molecule has 0 N–H and O–H groups in total. The van der Waals surface area contributed by atoms with Crippen molar-refractivity contribution in [3.05, 3.63) is 28.2 Å². The summed E-state index contributed by atoms with van der Waals surface area (Å²) in [7, 11) is 3.15. The van der Waals surface area contributed by atoms with Crippen LogP contribution in [0.15, 0.2) is 22.7 Å². The van der Waals surface area contributed by atoms with Crippen LogP contribution in [0.25, 0.3) is 0 Å². The smallest absolute Gasteiger partial charge is 0.227 e. The lowest BCUT2D eigenvalue weighted by Gasteiger charge is -2.31. The molecule has 0 saturated heterocycles. The molecule has 0 spiro atoms. The van der Waals surface area contributed by atoms with Gasteiger partial charge >= 0.3 is 0 Å². The molecule has 0 fully saturated rings. The van der Waals surface area contributed by atoms with Crippen molar-refractivity contribution in [3.63, 3.8) is 0 Å². The van der Waals surface area contributed by atoms with Crippen LogP contribution in [0.3, 0.4) is 0 Å². The molecule has 0 atom stereocenters. The summed E-state index contributed by atoms with van der Waals surface area (Å²) >= 11 is 3.45. The number of anilines is 1. The second-order valence-electron chi connectivity index (χ2n) is 4.18. The van der Waals surface area contributed by atoms with Crippen molar-refractivity contribution < 1.29 is 14.3 Å². The minimum Gasteiger partial charge on any atom is -0.354 e. The maximum absolute atomic E-state index is 12.0. The van der Waals surface area contributed by atoms with Gasteiger partial charge in [-0.1, -0.05) is 15.9 Å². The fraction of sp³-hybridized carbons (Fsp3) is 0.462. The van der Waals surface area contributed by atoms with E-state index in [2.05, 4.69) is 22.0 Å². The highest BCUT2D eigenvalue weighted by Gasteiger charge is 2.26. The largest absolute Gasteiger partial charge is 0.354 e. The molecule has 1 aliphatic rings. The third kappa shape index (κ3) is 2.74. The SMILES string of the molecule is COC(CN1C(=O)CCc2cc(Br)ccc21)OC. The molecule has 1 aromatic rings. The van der Waals surface area contributed by atoms with Gasteiger partial charge in [0.2, 0.25) is 5.91 Å². The summed E-state index contributed by atoms with van der Waals surface area (Å²) in [5, 5.41) is 0. The lowest BCUT2D eigenvalue weighted by atomic mass is 10.0. The van der Waals surface area contributed by atoms with E-state index in [4.69, 9.17) is 9.47 Å². The molecule has 5 heteroatoms. The predicted octanol–water partition coefficient (Wildman–Crippen LogP) is 2.35. The van der Waals surface area contributed by atoms with Gasteiger partial charge in [0, 0.05) is 30.8 Å². The molecule has 1 aromatic carbocycles. The van der Waals surface area contributed by atoms with Gasteiger partial charge < -0.3 is 14.4 Å². The molecular weight excluding hydrogens is 298 g/mol. The summed E-state index contributed by atoms with van der Waals surface area (Å²) < 4.78 is 11.4. The Labute approximate surface area is 115 Å². The Balaban J connectivity index is 2.27. The Kier molecular flexibility index (Phi) is 4.37. The topological polar surface area (TPSA) is 38.8 Å². The van der Waals surface area contributed by atoms with Crippen molar-refractivity contribution in [1.82, 2.24) is 0 Å². The normalized spacial score (nSPS) is 15.1. The maximum atomic E-state index is 12.0. The molecule has 0 unspecified atom stereocenters. The van der Waals surface area contributed by atoms with Crippen molar-refractivity contribution in [2.75, 3.05) is 25.7 Å². The third-order valence-electron chi connectivity index (χ3n) is 3.10. The van der Waals surface area contributed by atoms with E-state index in [1.165, 1.54) is 5.56 Å². The number of fused-ring (bicyclic) bond motifs is 1. The van der Waals surface area contributed by atoms with Crippen LogP contribution in [0.5, 0.6) is 0 Å². The Bertz CT molecular complexity index is 446. The molecule has 0 radical (unpaired) electrons. The highest BCUT2D eigenvalue weighted by molar-refractivity contribution is 9.10. The molecule has 4 nitrogen and oxygen atoms in total. The number of amides is 1. The van der Waals surface area contributed by atoms with E-state index in [0.717, 1.165) is 16.6 Å². The van der Waals surface area contributed by atoms with Gasteiger partial charge in [-0.05, 0) is 30.2 Å². The first-order chi connectivity index (χ1) is 8.65. The van der Waals surface area contributed by atoms with E-state index < -0.39 is 6.29 Å². The van der Waals surface area contributed by atoms with Crippen LogP contribution in [0.4, 0.5) is 5.69 Å². The summed E-state index contributed by atoms with van der Waals surface area (Å²) in [4.78, 5) is 13.8. The average molecular weight is 314 g/mol. The number of carbonyl (C=O) groups excluding carboxylic acids is 1. The fourth-order valence-electron chi connectivity index (χ4n) is 2.12. The van der Waals surface area contributed by atoms with Crippen LogP contribution in [0.1, 0.15) is 12.0 Å². The van der Waals surface area contributed by atoms with Gasteiger partial charge in [-0.15, -0.1) is 0 Å². The quantitative estimate of drug-likeness (QED) is 0.801. The van der Waals surface area contributed by atoms with Crippen LogP contribution >= 0.6 is 15.9 Å². The molecule has 0 bridgehead atoms. The number of halogens is 1. The number of methoxy groups -OCH3 is 2. The first kappa shape index (κ1) is 13.5. The number of hydrogen-bond donors (Lipinski definition) is 0. The van der Waals surface area contributed by atoms with Crippen LogP contribution in [0, 0.1) is 0 Å². The number of nitrogens with zero attached hydrogens (tertiary/aromatic N) is 1. The Morgan fingerprint density at radius 1 is 1.33 bits per heavy atom. The summed E-state index contributed by atoms with van der Waals surface area (Å²) in [5.41, 5.74) is 2.13. The Morgan fingerprint density at radius 2 is 2.06 bits per heavy atom. The lowest BCUT2D eigenvalue weighted by molar-refractivity contribution is -0.123. The highest BCUT2D eigenvalue weighted by atomic mass is 79.9. The van der Waals surface area contributed by atoms with E-state index >= 15 is 0 Å². The van der Waals surface area contributed by atoms with Gasteiger partial charge in [-0.25, -0.2) is 0 Å². The predicted molar refractivity (Wildman–Crippen MR) is 72.6 cm³/mol. The summed E-state index contributed by atoms with van der Waals surface area (Å²) in [6.07, 6.45) is 0.918. The fourth-order valence-corrected chi connectivity index (χ4v) is 2.53. The third-order valence-corrected chi connectivity index (χ3v) is 3.59. The van der Waals surface area contributed by atoms with E-state index in [0.29, 0.717) is 13.0 Å². The summed E-state index contributed by atoms with van der Waals surface area (Å²) in [6, 6.07) is 5.96. The first-order valence-corrected chi connectivity index (χ1v) is 6.59. The van der Waals surface area contributed by atoms with Gasteiger partial charge in [-0.3, -0.25) is 4.79 Å². The molecule has 1 heterocycles. The molecule has 0 saturated carbocycles. The zero-order valence-electron chi connectivity index (χ0n) is 10.5. The van der Waals surface area contributed by atoms with Gasteiger partial charge in [0.25, 0.3) is 0 Å². The van der Waals surface area contributed by atoms with E-state index in [1.54, 1.807) is 19.1 Å². The minimum atomic E-state index is -0.399. The minimum absolute atomic E-state index is 0.115. The van der Waals surface area contributed by atoms with Gasteiger partial charge in [0.1, 0.15) is 0 Å². The average Bonchev–Trinajstić information content (AvgIpc) is 2.38. The van der Waals surface area contributed by atoms with Crippen LogP contribution in [-0.4, -0.2) is 33.0 Å². The lowest BCUT2D eigenvalue weighted by Crippen LogP contribution is -2.41. The van der Waals surface area contributed by atoms with E-state index in [-0.39, 0.29) is 5.91 Å². The molecule has 98 valence electrons. The molecule has 1 amide bonds. The molecule has 0 aromatic heterocycles. The number of aryl methyl sites for hydroxylation is 1. The van der Waals surface area contributed by atoms with Crippen LogP contribution < -0.4 is 4.90 Å². The second kappa shape index (κ2) is 5.82. The van der Waals surface area contributed by atoms with Crippen molar-refractivity contribution in [1.29, 1.82) is 0 Å². The second-order valence-corrected chi connectivity index (χ2v) is 5.09. The number of rotatable bonds is 4. The molecule has 1 aliphatic heterocycles. The zero-order chi connectivity index (χ0) is 13.1. The number of ether oxygens (including phenoxy) is 2. The molecule has 2 rings (SSSR count). The number of hydrogen-bond acceptors (Lipinski definition) is 3. The first-order valence-electron chi connectivity index (χ1n) is 5.80. The van der Waals surface area contributed by atoms with Crippen molar-refractivity contribution in [2.24, 2.45) is 0 Å². The van der Waals surface area contributed by atoms with E-state index in [9.17, 15) is 4.79 Å². The Hall–Kier alpha value is -0.910. The van der Waals surface area contributed by atoms with Crippen LogP contribution in [0.2, 0.25) is 0 Å². The van der Waals surface area contributed by atoms with Crippen LogP contribution in [-0.2, 0) is 20.7 Å². The van der Waals surface area contributed by atoms with Crippen molar-refractivity contribution >= 4 is 27.5 Å². The summed E-state index contributed by atoms with van der Waals surface area (Å²) in [5.74, 6) is 0.115. The van der Waals surface area contributed by atoms with Crippen molar-refractivity contribution in [3.8, 4) is 0 Å². The number of benzene rings is 1. The van der Waals surface area contributed by atoms with Crippen molar-refractivity contribution in [2.45, 2.75) is 19.1 Å². The van der Waals surface area contributed by atoms with Gasteiger partial charge in [0.15, 0.2) is 6.29 Å². The standard InChI is InChI=1S/C13H16BrNO3/c1-17-13(18-2)8-15-11-5-4-10(14)7-9(11)3-6-12(15)16/h4-5,7,13H,3,6,8H2,1-2H3.